The van der Waals surface area contributed by atoms with Gasteiger partial charge in [-0.3, -0.25) is 4.90 Å². The standard InChI is InChI=1S/C13H19ClN2OS/c1-2-16-6-7-17-10(8-16)9-18-13-11(14)4-3-5-12(13)15/h3-5,10H,2,6-9,15H2,1H3. The smallest absolute Gasteiger partial charge is 0.0796 e. The molecular formula is C13H19ClN2OS. The van der Waals surface area contributed by atoms with Crippen molar-refractivity contribution in [2.24, 2.45) is 0 Å². The average Bonchev–Trinajstić information content (AvgIpc) is 2.38. The number of morpholine rings is 1. The van der Waals surface area contributed by atoms with E-state index in [-0.39, 0.29) is 6.10 Å². The van der Waals surface area contributed by atoms with Crippen molar-refractivity contribution in [3.05, 3.63) is 23.2 Å². The summed E-state index contributed by atoms with van der Waals surface area (Å²) in [6, 6.07) is 5.63. The van der Waals surface area contributed by atoms with E-state index in [1.807, 2.05) is 18.2 Å². The number of hydrogen-bond donors (Lipinski definition) is 1. The maximum absolute atomic E-state index is 6.15. The third-order valence-corrected chi connectivity index (χ3v) is 4.79. The van der Waals surface area contributed by atoms with Gasteiger partial charge in [0, 0.05) is 29.4 Å². The minimum absolute atomic E-state index is 0.263. The number of rotatable bonds is 4. The summed E-state index contributed by atoms with van der Waals surface area (Å²) in [5, 5.41) is 0.725. The summed E-state index contributed by atoms with van der Waals surface area (Å²) in [4.78, 5) is 3.38. The summed E-state index contributed by atoms with van der Waals surface area (Å²) in [5.41, 5.74) is 6.68. The van der Waals surface area contributed by atoms with Crippen molar-refractivity contribution >= 4 is 29.1 Å². The van der Waals surface area contributed by atoms with E-state index in [2.05, 4.69) is 11.8 Å². The van der Waals surface area contributed by atoms with Crippen LogP contribution in [0.1, 0.15) is 6.92 Å². The van der Waals surface area contributed by atoms with E-state index in [0.29, 0.717) is 0 Å². The summed E-state index contributed by atoms with van der Waals surface area (Å²) in [6.45, 7) is 6.11. The van der Waals surface area contributed by atoms with Crippen molar-refractivity contribution in [1.82, 2.24) is 4.90 Å². The molecule has 0 aliphatic carbocycles. The first-order valence-corrected chi connectivity index (χ1v) is 7.57. The molecule has 1 aromatic carbocycles. The number of nitrogens with zero attached hydrogens (tertiary/aromatic N) is 1. The van der Waals surface area contributed by atoms with Crippen LogP contribution in [-0.4, -0.2) is 43.0 Å². The van der Waals surface area contributed by atoms with Crippen molar-refractivity contribution < 1.29 is 4.74 Å². The van der Waals surface area contributed by atoms with Crippen molar-refractivity contribution in [1.29, 1.82) is 0 Å². The second kappa shape index (κ2) is 6.66. The molecule has 0 aromatic heterocycles. The van der Waals surface area contributed by atoms with Gasteiger partial charge in [0.1, 0.15) is 0 Å². The minimum atomic E-state index is 0.263. The van der Waals surface area contributed by atoms with Gasteiger partial charge in [0.15, 0.2) is 0 Å². The topological polar surface area (TPSA) is 38.5 Å². The number of likely N-dealkylation sites (N-methyl/N-ethyl adjacent to an activating group) is 1. The Labute approximate surface area is 118 Å². The molecule has 0 saturated carbocycles. The van der Waals surface area contributed by atoms with Gasteiger partial charge < -0.3 is 10.5 Å². The van der Waals surface area contributed by atoms with Gasteiger partial charge in [-0.2, -0.15) is 0 Å². The highest BCUT2D eigenvalue weighted by Crippen LogP contribution is 2.33. The van der Waals surface area contributed by atoms with Gasteiger partial charge in [0.2, 0.25) is 0 Å². The second-order valence-electron chi connectivity index (χ2n) is 4.36. The van der Waals surface area contributed by atoms with Gasteiger partial charge in [-0.1, -0.05) is 24.6 Å². The zero-order chi connectivity index (χ0) is 13.0. The highest BCUT2D eigenvalue weighted by molar-refractivity contribution is 7.99. The van der Waals surface area contributed by atoms with E-state index in [0.717, 1.165) is 47.6 Å². The first-order valence-electron chi connectivity index (χ1n) is 6.21. The molecule has 5 heteroatoms. The molecule has 1 saturated heterocycles. The van der Waals surface area contributed by atoms with Crippen LogP contribution in [0.15, 0.2) is 23.1 Å². The number of ether oxygens (including phenoxy) is 1. The Balaban J connectivity index is 1.91. The lowest BCUT2D eigenvalue weighted by Gasteiger charge is -2.31. The van der Waals surface area contributed by atoms with Crippen molar-refractivity contribution in [3.8, 4) is 0 Å². The first kappa shape index (κ1) is 14.0. The molecule has 3 nitrogen and oxygen atoms in total. The van der Waals surface area contributed by atoms with E-state index >= 15 is 0 Å². The fourth-order valence-electron chi connectivity index (χ4n) is 2.02. The molecule has 1 aliphatic rings. The van der Waals surface area contributed by atoms with Gasteiger partial charge >= 0.3 is 0 Å². The molecule has 1 atom stereocenters. The number of anilines is 1. The maximum Gasteiger partial charge on any atom is 0.0796 e. The first-order chi connectivity index (χ1) is 8.70. The molecule has 1 aromatic rings. The molecule has 0 spiro atoms. The zero-order valence-corrected chi connectivity index (χ0v) is 12.1. The van der Waals surface area contributed by atoms with E-state index in [4.69, 9.17) is 22.1 Å². The number of benzene rings is 1. The van der Waals surface area contributed by atoms with Crippen molar-refractivity contribution in [3.63, 3.8) is 0 Å². The highest BCUT2D eigenvalue weighted by atomic mass is 35.5. The molecule has 1 heterocycles. The predicted molar refractivity (Wildman–Crippen MR) is 78.4 cm³/mol. The van der Waals surface area contributed by atoms with Crippen LogP contribution in [0.4, 0.5) is 5.69 Å². The van der Waals surface area contributed by atoms with E-state index < -0.39 is 0 Å². The molecule has 0 amide bonds. The molecule has 18 heavy (non-hydrogen) atoms. The Bertz CT molecular complexity index is 382. The third kappa shape index (κ3) is 3.54. The monoisotopic (exact) mass is 286 g/mol. The minimum Gasteiger partial charge on any atom is -0.398 e. The third-order valence-electron chi connectivity index (χ3n) is 3.08. The molecule has 1 unspecified atom stereocenters. The van der Waals surface area contributed by atoms with E-state index in [1.165, 1.54) is 0 Å². The molecule has 1 aliphatic heterocycles. The SMILES string of the molecule is CCN1CCOC(CSc2c(N)cccc2Cl)C1. The fraction of sp³-hybridized carbons (Fsp3) is 0.538. The highest BCUT2D eigenvalue weighted by Gasteiger charge is 2.20. The lowest BCUT2D eigenvalue weighted by Crippen LogP contribution is -2.43. The van der Waals surface area contributed by atoms with Gasteiger partial charge in [-0.15, -0.1) is 11.8 Å². The lowest BCUT2D eigenvalue weighted by atomic mass is 10.3. The van der Waals surface area contributed by atoms with Crippen LogP contribution in [-0.2, 0) is 4.74 Å². The average molecular weight is 287 g/mol. The molecule has 1 fully saturated rings. The van der Waals surface area contributed by atoms with Crippen LogP contribution in [0.5, 0.6) is 0 Å². The van der Waals surface area contributed by atoms with Crippen molar-refractivity contribution in [2.75, 3.05) is 37.7 Å². The van der Waals surface area contributed by atoms with Crippen LogP contribution >= 0.6 is 23.4 Å². The number of nitrogen functional groups attached to an aromatic ring is 1. The Morgan fingerprint density at radius 1 is 1.56 bits per heavy atom. The van der Waals surface area contributed by atoms with Crippen LogP contribution in [0.2, 0.25) is 5.02 Å². The number of nitrogens with two attached hydrogens (primary N) is 1. The lowest BCUT2D eigenvalue weighted by molar-refractivity contribution is -0.0137. The zero-order valence-electron chi connectivity index (χ0n) is 10.6. The van der Waals surface area contributed by atoms with Crippen LogP contribution < -0.4 is 5.73 Å². The number of halogens is 1. The summed E-state index contributed by atoms with van der Waals surface area (Å²) in [7, 11) is 0. The van der Waals surface area contributed by atoms with E-state index in [1.54, 1.807) is 11.8 Å². The normalized spacial score (nSPS) is 21.1. The molecule has 0 bridgehead atoms. The van der Waals surface area contributed by atoms with Gasteiger partial charge in [0.25, 0.3) is 0 Å². The Morgan fingerprint density at radius 3 is 3.11 bits per heavy atom. The summed E-state index contributed by atoms with van der Waals surface area (Å²) >= 11 is 7.84. The molecule has 100 valence electrons. The number of hydrogen-bond acceptors (Lipinski definition) is 4. The van der Waals surface area contributed by atoms with Crippen molar-refractivity contribution in [2.45, 2.75) is 17.9 Å². The molecular weight excluding hydrogens is 268 g/mol. The van der Waals surface area contributed by atoms with E-state index in [9.17, 15) is 0 Å². The van der Waals surface area contributed by atoms with Gasteiger partial charge in [-0.05, 0) is 18.7 Å². The van der Waals surface area contributed by atoms with Crippen LogP contribution in [0.25, 0.3) is 0 Å². The second-order valence-corrected chi connectivity index (χ2v) is 5.79. The van der Waals surface area contributed by atoms with Crippen LogP contribution in [0.3, 0.4) is 0 Å². The Morgan fingerprint density at radius 2 is 2.39 bits per heavy atom. The molecule has 2 rings (SSSR count). The predicted octanol–water partition coefficient (Wildman–Crippen LogP) is 2.74. The fourth-order valence-corrected chi connectivity index (χ4v) is 3.36. The van der Waals surface area contributed by atoms with Gasteiger partial charge in [0.05, 0.1) is 17.7 Å². The Kier molecular flexibility index (Phi) is 5.18. The summed E-state index contributed by atoms with van der Waals surface area (Å²) in [6.07, 6.45) is 0.263. The largest absolute Gasteiger partial charge is 0.398 e. The van der Waals surface area contributed by atoms with Crippen LogP contribution in [0, 0.1) is 0 Å². The molecule has 2 N–H and O–H groups in total. The van der Waals surface area contributed by atoms with Gasteiger partial charge in [-0.25, -0.2) is 0 Å². The number of thioether (sulfide) groups is 1. The molecule has 0 radical (unpaired) electrons. The summed E-state index contributed by atoms with van der Waals surface area (Å²) < 4.78 is 5.77. The Hall–Kier alpha value is -0.420. The summed E-state index contributed by atoms with van der Waals surface area (Å²) in [5.74, 6) is 0.893. The maximum atomic E-state index is 6.15. The quantitative estimate of drug-likeness (QED) is 0.682.